The number of carbonyl (C=O) groups excluding carboxylic acids is 1. The molecule has 1 aromatic heterocycles. The van der Waals surface area contributed by atoms with E-state index in [-0.39, 0.29) is 16.3 Å². The highest BCUT2D eigenvalue weighted by molar-refractivity contribution is 7.98. The van der Waals surface area contributed by atoms with Gasteiger partial charge in [-0.1, -0.05) is 0 Å². The lowest BCUT2D eigenvalue weighted by Gasteiger charge is -2.26. The number of thioether (sulfide) groups is 1. The molecule has 0 unspecified atom stereocenters. The Morgan fingerprint density at radius 1 is 1.13 bits per heavy atom. The number of amides is 1. The van der Waals surface area contributed by atoms with E-state index < -0.39 is 10.0 Å². The molecule has 0 saturated carbocycles. The highest BCUT2D eigenvalue weighted by Crippen LogP contribution is 2.37. The van der Waals surface area contributed by atoms with Crippen LogP contribution in [0.5, 0.6) is 0 Å². The van der Waals surface area contributed by atoms with E-state index in [9.17, 15) is 13.2 Å². The Labute approximate surface area is 181 Å². The van der Waals surface area contributed by atoms with Crippen LogP contribution in [0.2, 0.25) is 0 Å². The van der Waals surface area contributed by atoms with E-state index in [1.54, 1.807) is 23.9 Å². The summed E-state index contributed by atoms with van der Waals surface area (Å²) in [5.41, 5.74) is 2.21. The van der Waals surface area contributed by atoms with Crippen molar-refractivity contribution in [2.75, 3.05) is 31.6 Å². The van der Waals surface area contributed by atoms with Gasteiger partial charge in [-0.15, -0.1) is 0 Å². The molecule has 0 spiro atoms. The number of sulfonamides is 1. The van der Waals surface area contributed by atoms with Gasteiger partial charge in [-0.3, -0.25) is 4.79 Å². The smallest absolute Gasteiger partial charge is 0.256 e. The molecule has 1 saturated heterocycles. The van der Waals surface area contributed by atoms with Crippen LogP contribution < -0.4 is 5.32 Å². The molecular formula is C20H26N4O4S2. The number of aromatic nitrogens is 2. The van der Waals surface area contributed by atoms with Gasteiger partial charge in [-0.25, -0.2) is 13.1 Å². The molecule has 4 rings (SSSR count). The molecule has 1 amide bonds. The van der Waals surface area contributed by atoms with Crippen molar-refractivity contribution in [2.45, 2.75) is 42.7 Å². The van der Waals surface area contributed by atoms with Crippen LogP contribution in [0.1, 0.15) is 42.4 Å². The average Bonchev–Trinajstić information content (AvgIpc) is 3.31. The van der Waals surface area contributed by atoms with Gasteiger partial charge in [0.1, 0.15) is 5.82 Å². The largest absolute Gasteiger partial charge is 0.379 e. The van der Waals surface area contributed by atoms with E-state index in [4.69, 9.17) is 9.84 Å². The van der Waals surface area contributed by atoms with Crippen molar-refractivity contribution in [1.29, 1.82) is 0 Å². The highest BCUT2D eigenvalue weighted by Gasteiger charge is 2.30. The molecule has 1 fully saturated rings. The highest BCUT2D eigenvalue weighted by atomic mass is 32.2. The number of ether oxygens (including phenoxy) is 1. The lowest BCUT2D eigenvalue weighted by Crippen LogP contribution is -2.40. The first-order valence-electron chi connectivity index (χ1n) is 9.86. The zero-order valence-electron chi connectivity index (χ0n) is 17.3. The molecule has 30 heavy (non-hydrogen) atoms. The number of carbonyl (C=O) groups is 1. The van der Waals surface area contributed by atoms with Gasteiger partial charge in [-0.05, 0) is 45.0 Å². The van der Waals surface area contributed by atoms with Gasteiger partial charge in [-0.2, -0.15) is 21.2 Å². The number of hydrogen-bond donors (Lipinski definition) is 1. The fourth-order valence-corrected chi connectivity index (χ4v) is 5.96. The Balaban J connectivity index is 1.56. The van der Waals surface area contributed by atoms with Crippen molar-refractivity contribution in [3.8, 4) is 0 Å². The monoisotopic (exact) mass is 450 g/mol. The minimum Gasteiger partial charge on any atom is -0.379 e. The summed E-state index contributed by atoms with van der Waals surface area (Å²) in [5.74, 6) is 2.10. The molecule has 8 nitrogen and oxygen atoms in total. The third kappa shape index (κ3) is 4.01. The van der Waals surface area contributed by atoms with Crippen LogP contribution in [0.4, 0.5) is 5.82 Å². The van der Waals surface area contributed by atoms with Crippen LogP contribution in [0, 0.1) is 0 Å². The Hall–Kier alpha value is -1.88. The summed E-state index contributed by atoms with van der Waals surface area (Å²) in [6, 6.07) is 6.08. The topological polar surface area (TPSA) is 93.5 Å². The fourth-order valence-electron chi connectivity index (χ4n) is 3.52. The van der Waals surface area contributed by atoms with E-state index in [2.05, 4.69) is 5.32 Å². The standard InChI is InChI=1S/C20H26N4O4S2/c1-20(2,3)24-18(16-12-29-13-17(16)22-24)21-19(25)14-4-6-15(7-5-14)30(26,27)23-8-10-28-11-9-23/h4-7H,8-13H2,1-3H3,(H,21,25). The first-order valence-corrected chi connectivity index (χ1v) is 12.5. The van der Waals surface area contributed by atoms with Crippen molar-refractivity contribution in [1.82, 2.24) is 14.1 Å². The summed E-state index contributed by atoms with van der Waals surface area (Å²) in [5, 5.41) is 7.70. The van der Waals surface area contributed by atoms with Crippen LogP contribution >= 0.6 is 11.8 Å². The van der Waals surface area contributed by atoms with Crippen LogP contribution in [-0.2, 0) is 31.8 Å². The maximum Gasteiger partial charge on any atom is 0.256 e. The second kappa shape index (κ2) is 7.99. The molecule has 0 atom stereocenters. The van der Waals surface area contributed by atoms with Gasteiger partial charge in [0.2, 0.25) is 10.0 Å². The number of rotatable bonds is 4. The van der Waals surface area contributed by atoms with Crippen LogP contribution in [0.25, 0.3) is 0 Å². The van der Waals surface area contributed by atoms with Gasteiger partial charge in [0.05, 0.1) is 29.3 Å². The minimum atomic E-state index is -3.58. The number of nitrogens with zero attached hydrogens (tertiary/aromatic N) is 3. The third-order valence-electron chi connectivity index (χ3n) is 5.14. The molecule has 2 aliphatic heterocycles. The second-order valence-electron chi connectivity index (χ2n) is 8.34. The van der Waals surface area contributed by atoms with Crippen LogP contribution in [0.3, 0.4) is 0 Å². The predicted octanol–water partition coefficient (Wildman–Crippen LogP) is 2.66. The normalized spacial score (nSPS) is 17.7. The van der Waals surface area contributed by atoms with Crippen molar-refractivity contribution < 1.29 is 17.9 Å². The molecule has 162 valence electrons. The van der Waals surface area contributed by atoms with E-state index in [0.717, 1.165) is 28.6 Å². The summed E-state index contributed by atoms with van der Waals surface area (Å²) in [4.78, 5) is 13.1. The second-order valence-corrected chi connectivity index (χ2v) is 11.3. The molecule has 2 aliphatic rings. The summed E-state index contributed by atoms with van der Waals surface area (Å²) >= 11 is 1.78. The van der Waals surface area contributed by atoms with Gasteiger partial charge >= 0.3 is 0 Å². The quantitative estimate of drug-likeness (QED) is 0.770. The number of benzene rings is 1. The molecule has 0 radical (unpaired) electrons. The SMILES string of the molecule is CC(C)(C)n1nc2c(c1NC(=O)c1ccc(S(=O)(=O)N3CCOCC3)cc1)CSC2. The average molecular weight is 451 g/mol. The number of anilines is 1. The minimum absolute atomic E-state index is 0.179. The Morgan fingerprint density at radius 3 is 2.43 bits per heavy atom. The molecule has 10 heteroatoms. The summed E-state index contributed by atoms with van der Waals surface area (Å²) < 4.78 is 34.0. The van der Waals surface area contributed by atoms with E-state index >= 15 is 0 Å². The molecule has 1 N–H and O–H groups in total. The predicted molar refractivity (Wildman–Crippen MR) is 116 cm³/mol. The van der Waals surface area contributed by atoms with E-state index in [0.29, 0.717) is 31.9 Å². The number of fused-ring (bicyclic) bond motifs is 1. The maximum atomic E-state index is 12.9. The van der Waals surface area contributed by atoms with Crippen molar-refractivity contribution in [2.24, 2.45) is 0 Å². The van der Waals surface area contributed by atoms with Crippen molar-refractivity contribution in [3.63, 3.8) is 0 Å². The van der Waals surface area contributed by atoms with Crippen molar-refractivity contribution >= 4 is 33.5 Å². The van der Waals surface area contributed by atoms with Gasteiger partial charge in [0.25, 0.3) is 5.91 Å². The summed E-state index contributed by atoms with van der Waals surface area (Å²) in [7, 11) is -3.58. The van der Waals surface area contributed by atoms with Gasteiger partial charge < -0.3 is 10.1 Å². The first-order chi connectivity index (χ1) is 14.2. The molecule has 1 aromatic carbocycles. The molecule has 2 aromatic rings. The van der Waals surface area contributed by atoms with Gasteiger partial charge in [0.15, 0.2) is 0 Å². The molecule has 3 heterocycles. The van der Waals surface area contributed by atoms with E-state index in [1.807, 2.05) is 25.5 Å². The summed E-state index contributed by atoms with van der Waals surface area (Å²) in [6.07, 6.45) is 0. The van der Waals surface area contributed by atoms with Crippen molar-refractivity contribution in [3.05, 3.63) is 41.1 Å². The first kappa shape index (κ1) is 21.4. The number of hydrogen-bond acceptors (Lipinski definition) is 6. The Bertz CT molecular complexity index is 1050. The number of morpholine rings is 1. The lowest BCUT2D eigenvalue weighted by atomic mass is 10.1. The fraction of sp³-hybridized carbons (Fsp3) is 0.500. The van der Waals surface area contributed by atoms with Crippen LogP contribution in [0.15, 0.2) is 29.2 Å². The third-order valence-corrected chi connectivity index (χ3v) is 8.03. The Morgan fingerprint density at radius 2 is 1.80 bits per heavy atom. The van der Waals surface area contributed by atoms with E-state index in [1.165, 1.54) is 16.4 Å². The maximum absolute atomic E-state index is 12.9. The molecular weight excluding hydrogens is 424 g/mol. The zero-order valence-corrected chi connectivity index (χ0v) is 19.0. The zero-order chi connectivity index (χ0) is 21.5. The Kier molecular flexibility index (Phi) is 5.69. The summed E-state index contributed by atoms with van der Waals surface area (Å²) in [6.45, 7) is 7.60. The molecule has 0 aliphatic carbocycles. The van der Waals surface area contributed by atoms with Gasteiger partial charge in [0, 0.05) is 35.7 Å². The number of nitrogens with one attached hydrogen (secondary N) is 1. The molecule has 0 bridgehead atoms. The van der Waals surface area contributed by atoms with Crippen LogP contribution in [-0.4, -0.2) is 54.7 Å². The lowest BCUT2D eigenvalue weighted by molar-refractivity contribution is 0.0730.